The lowest BCUT2D eigenvalue weighted by atomic mass is 9.77. The van der Waals surface area contributed by atoms with Crippen molar-refractivity contribution >= 4 is 16.9 Å². The van der Waals surface area contributed by atoms with Crippen molar-refractivity contribution in [3.63, 3.8) is 0 Å². The third kappa shape index (κ3) is 3.09. The van der Waals surface area contributed by atoms with Crippen LogP contribution in [0.25, 0.3) is 10.9 Å². The maximum Gasteiger partial charge on any atom is 0.306 e. The fourth-order valence-corrected chi connectivity index (χ4v) is 3.48. The monoisotopic (exact) mass is 286 g/mol. The van der Waals surface area contributed by atoms with Gasteiger partial charge in [-0.2, -0.15) is 5.10 Å². The van der Waals surface area contributed by atoms with Crippen molar-refractivity contribution in [3.05, 3.63) is 30.0 Å². The number of aromatic amines is 1. The summed E-state index contributed by atoms with van der Waals surface area (Å²) in [6.07, 6.45) is 7.02. The number of hydrogen-bond acceptors (Lipinski definition) is 3. The number of benzene rings is 1. The van der Waals surface area contributed by atoms with E-state index in [0.717, 1.165) is 31.2 Å². The molecule has 0 unspecified atom stereocenters. The number of aromatic nitrogens is 2. The number of rotatable bonds is 4. The van der Waals surface area contributed by atoms with Crippen molar-refractivity contribution in [2.75, 3.05) is 6.61 Å². The Morgan fingerprint density at radius 2 is 2.14 bits per heavy atom. The smallest absolute Gasteiger partial charge is 0.306 e. The van der Waals surface area contributed by atoms with Gasteiger partial charge in [-0.15, -0.1) is 0 Å². The van der Waals surface area contributed by atoms with Gasteiger partial charge in [0, 0.05) is 11.8 Å². The van der Waals surface area contributed by atoms with Crippen molar-refractivity contribution in [3.8, 4) is 0 Å². The molecule has 4 heteroatoms. The molecule has 1 N–H and O–H groups in total. The van der Waals surface area contributed by atoms with Crippen molar-refractivity contribution in [2.24, 2.45) is 5.92 Å². The van der Waals surface area contributed by atoms with Crippen LogP contribution in [0.1, 0.15) is 50.5 Å². The highest BCUT2D eigenvalue weighted by Crippen LogP contribution is 2.39. The van der Waals surface area contributed by atoms with E-state index in [0.29, 0.717) is 24.9 Å². The van der Waals surface area contributed by atoms with Gasteiger partial charge >= 0.3 is 5.97 Å². The SMILES string of the molecule is CCOC(=O)CC1CCC(c2cccc3[nH]ncc23)CC1. The average molecular weight is 286 g/mol. The van der Waals surface area contributed by atoms with Crippen LogP contribution in [0, 0.1) is 5.92 Å². The van der Waals surface area contributed by atoms with Gasteiger partial charge in [-0.25, -0.2) is 0 Å². The molecule has 1 fully saturated rings. The van der Waals surface area contributed by atoms with Gasteiger partial charge in [0.25, 0.3) is 0 Å². The molecule has 0 atom stereocenters. The molecular weight excluding hydrogens is 264 g/mol. The van der Waals surface area contributed by atoms with Crippen LogP contribution in [0.15, 0.2) is 24.4 Å². The summed E-state index contributed by atoms with van der Waals surface area (Å²) in [5.41, 5.74) is 2.51. The largest absolute Gasteiger partial charge is 0.466 e. The number of carbonyl (C=O) groups is 1. The molecule has 0 amide bonds. The highest BCUT2D eigenvalue weighted by molar-refractivity contribution is 5.82. The van der Waals surface area contributed by atoms with Crippen molar-refractivity contribution in [1.82, 2.24) is 10.2 Å². The summed E-state index contributed by atoms with van der Waals surface area (Å²) in [7, 11) is 0. The lowest BCUT2D eigenvalue weighted by Gasteiger charge is -2.28. The van der Waals surface area contributed by atoms with Crippen LogP contribution < -0.4 is 0 Å². The van der Waals surface area contributed by atoms with E-state index in [1.54, 1.807) is 0 Å². The molecule has 1 heterocycles. The second kappa shape index (κ2) is 6.29. The topological polar surface area (TPSA) is 55.0 Å². The van der Waals surface area contributed by atoms with Crippen molar-refractivity contribution in [1.29, 1.82) is 0 Å². The molecule has 1 saturated carbocycles. The van der Waals surface area contributed by atoms with Gasteiger partial charge in [0.15, 0.2) is 0 Å². The third-order valence-electron chi connectivity index (χ3n) is 4.57. The van der Waals surface area contributed by atoms with Gasteiger partial charge in [-0.1, -0.05) is 12.1 Å². The van der Waals surface area contributed by atoms with E-state index in [1.165, 1.54) is 10.9 Å². The van der Waals surface area contributed by atoms with Gasteiger partial charge in [-0.05, 0) is 56.1 Å². The highest BCUT2D eigenvalue weighted by atomic mass is 16.5. The minimum atomic E-state index is -0.0436. The number of fused-ring (bicyclic) bond motifs is 1. The summed E-state index contributed by atoms with van der Waals surface area (Å²) in [6.45, 7) is 2.34. The molecule has 21 heavy (non-hydrogen) atoms. The summed E-state index contributed by atoms with van der Waals surface area (Å²) in [5.74, 6) is 1.03. The molecule has 0 radical (unpaired) electrons. The standard InChI is InChI=1S/C17H22N2O2/c1-2-21-17(20)10-12-6-8-13(9-7-12)14-4-3-5-16-15(14)11-18-19-16/h3-5,11-13H,2,6-10H2,1H3,(H,18,19). The minimum Gasteiger partial charge on any atom is -0.466 e. The first kappa shape index (κ1) is 14.1. The van der Waals surface area contributed by atoms with Gasteiger partial charge in [0.2, 0.25) is 0 Å². The zero-order valence-corrected chi connectivity index (χ0v) is 12.5. The van der Waals surface area contributed by atoms with E-state index < -0.39 is 0 Å². The number of H-pyrrole nitrogens is 1. The van der Waals surface area contributed by atoms with E-state index in [1.807, 2.05) is 13.1 Å². The van der Waals surface area contributed by atoms with Crippen LogP contribution >= 0.6 is 0 Å². The third-order valence-corrected chi connectivity index (χ3v) is 4.57. The van der Waals surface area contributed by atoms with Crippen LogP contribution in [0.5, 0.6) is 0 Å². The number of ether oxygens (including phenoxy) is 1. The zero-order valence-electron chi connectivity index (χ0n) is 12.5. The molecule has 1 aromatic carbocycles. The lowest BCUT2D eigenvalue weighted by molar-refractivity contribution is -0.144. The summed E-state index contributed by atoms with van der Waals surface area (Å²) in [6, 6.07) is 6.38. The number of carbonyl (C=O) groups excluding carboxylic acids is 1. The fourth-order valence-electron chi connectivity index (χ4n) is 3.48. The predicted octanol–water partition coefficient (Wildman–Crippen LogP) is 3.79. The molecule has 4 nitrogen and oxygen atoms in total. The van der Waals surface area contributed by atoms with Gasteiger partial charge < -0.3 is 4.74 Å². The first-order valence-electron chi connectivity index (χ1n) is 7.85. The second-order valence-electron chi connectivity index (χ2n) is 5.91. The number of esters is 1. The summed E-state index contributed by atoms with van der Waals surface area (Å²) in [4.78, 5) is 11.6. The van der Waals surface area contributed by atoms with Crippen LogP contribution in [0.4, 0.5) is 0 Å². The molecule has 0 aliphatic heterocycles. The minimum absolute atomic E-state index is 0.0436. The maximum absolute atomic E-state index is 11.6. The second-order valence-corrected chi connectivity index (χ2v) is 5.91. The van der Waals surface area contributed by atoms with Crippen LogP contribution in [0.3, 0.4) is 0 Å². The Bertz CT molecular complexity index is 612. The first-order valence-corrected chi connectivity index (χ1v) is 7.85. The van der Waals surface area contributed by atoms with E-state index in [9.17, 15) is 4.79 Å². The van der Waals surface area contributed by atoms with E-state index >= 15 is 0 Å². The molecule has 1 aromatic heterocycles. The van der Waals surface area contributed by atoms with Crippen LogP contribution in [0.2, 0.25) is 0 Å². The fraction of sp³-hybridized carbons (Fsp3) is 0.529. The Hall–Kier alpha value is -1.84. The molecule has 0 saturated heterocycles. The molecule has 112 valence electrons. The number of nitrogens with one attached hydrogen (secondary N) is 1. The summed E-state index contributed by atoms with van der Waals surface area (Å²) in [5, 5.41) is 8.42. The summed E-state index contributed by atoms with van der Waals surface area (Å²) < 4.78 is 5.05. The quantitative estimate of drug-likeness (QED) is 0.870. The molecule has 0 bridgehead atoms. The normalized spacial score (nSPS) is 22.3. The Morgan fingerprint density at radius 3 is 2.90 bits per heavy atom. The number of hydrogen-bond donors (Lipinski definition) is 1. The van der Waals surface area contributed by atoms with E-state index in [2.05, 4.69) is 28.4 Å². The Labute approximate surface area is 124 Å². The van der Waals surface area contributed by atoms with Gasteiger partial charge in [0.1, 0.15) is 0 Å². The van der Waals surface area contributed by atoms with Gasteiger partial charge in [-0.3, -0.25) is 9.89 Å². The van der Waals surface area contributed by atoms with Crippen LogP contribution in [-0.4, -0.2) is 22.8 Å². The molecule has 1 aliphatic rings. The van der Waals surface area contributed by atoms with E-state index in [-0.39, 0.29) is 5.97 Å². The Morgan fingerprint density at radius 1 is 1.33 bits per heavy atom. The van der Waals surface area contributed by atoms with Crippen molar-refractivity contribution in [2.45, 2.75) is 44.9 Å². The average Bonchev–Trinajstić information content (AvgIpc) is 2.97. The van der Waals surface area contributed by atoms with Gasteiger partial charge in [0.05, 0.1) is 18.3 Å². The van der Waals surface area contributed by atoms with Crippen molar-refractivity contribution < 1.29 is 9.53 Å². The lowest BCUT2D eigenvalue weighted by Crippen LogP contribution is -2.18. The first-order chi connectivity index (χ1) is 10.3. The molecular formula is C17H22N2O2. The predicted molar refractivity (Wildman–Crippen MR) is 82.0 cm³/mol. The Balaban J connectivity index is 1.63. The molecule has 2 aromatic rings. The molecule has 3 rings (SSSR count). The number of nitrogens with zero attached hydrogens (tertiary/aromatic N) is 1. The highest BCUT2D eigenvalue weighted by Gasteiger charge is 2.25. The molecule has 1 aliphatic carbocycles. The summed E-state index contributed by atoms with van der Waals surface area (Å²) >= 11 is 0. The Kier molecular flexibility index (Phi) is 4.23. The van der Waals surface area contributed by atoms with E-state index in [4.69, 9.17) is 4.74 Å². The van der Waals surface area contributed by atoms with Crippen LogP contribution in [-0.2, 0) is 9.53 Å². The zero-order chi connectivity index (χ0) is 14.7. The molecule has 0 spiro atoms. The maximum atomic E-state index is 11.6.